The minimum atomic E-state index is -1.75. The number of aromatic hydroxyl groups is 1. The van der Waals surface area contributed by atoms with Gasteiger partial charge in [0.05, 0.1) is 12.7 Å². The van der Waals surface area contributed by atoms with Gasteiger partial charge >= 0.3 is 5.97 Å². The molecular weight excluding hydrogens is 564 g/mol. The minimum Gasteiger partial charge on any atom is -0.507 e. The lowest BCUT2D eigenvalue weighted by Gasteiger charge is -2.37. The number of ether oxygens (including phenoxy) is 4. The van der Waals surface area contributed by atoms with E-state index in [1.165, 1.54) is 56.2 Å². The van der Waals surface area contributed by atoms with Crippen LogP contribution in [-0.2, 0) is 14.3 Å². The maximum Gasteiger partial charge on any atom is 0.347 e. The van der Waals surface area contributed by atoms with Crippen LogP contribution in [0.1, 0.15) is 51.9 Å². The number of hydrogen-bond acceptors (Lipinski definition) is 12. The first-order chi connectivity index (χ1) is 20.6. The molecule has 12 heteroatoms. The molecule has 6 atom stereocenters. The van der Waals surface area contributed by atoms with E-state index in [1.807, 2.05) is 0 Å². The lowest BCUT2D eigenvalue weighted by atomic mass is 10.0. The number of esters is 1. The second-order valence-electron chi connectivity index (χ2n) is 10.5. The van der Waals surface area contributed by atoms with Gasteiger partial charge in [-0.1, -0.05) is 51.2 Å². The zero-order chi connectivity index (χ0) is 31.1. The van der Waals surface area contributed by atoms with E-state index in [0.717, 1.165) is 32.1 Å². The van der Waals surface area contributed by atoms with Gasteiger partial charge in [0.25, 0.3) is 0 Å². The molecule has 234 valence electrons. The fourth-order valence-corrected chi connectivity index (χ4v) is 4.88. The monoisotopic (exact) mass is 602 g/mol. The molecule has 1 fully saturated rings. The zero-order valence-electron chi connectivity index (χ0n) is 24.0. The van der Waals surface area contributed by atoms with Gasteiger partial charge in [-0.3, -0.25) is 4.79 Å². The number of carbonyl (C=O) groups excluding carboxylic acids is 1. The first-order valence-electron chi connectivity index (χ1n) is 14.3. The normalized spacial score (nSPS) is 22.7. The van der Waals surface area contributed by atoms with Crippen molar-refractivity contribution in [3.8, 4) is 28.4 Å². The number of aliphatic hydroxyl groups excluding tert-OH is 4. The summed E-state index contributed by atoms with van der Waals surface area (Å²) in [6.07, 6.45) is -1.16. The largest absolute Gasteiger partial charge is 0.507 e. The highest BCUT2D eigenvalue weighted by atomic mass is 16.7. The summed E-state index contributed by atoms with van der Waals surface area (Å²) in [6.45, 7) is 2.15. The molecular formula is C31H38O12. The minimum absolute atomic E-state index is 0.0645. The molecule has 2 heterocycles. The predicted octanol–water partition coefficient (Wildman–Crippen LogP) is 2.97. The van der Waals surface area contributed by atoms with Crippen molar-refractivity contribution in [3.63, 3.8) is 0 Å². The van der Waals surface area contributed by atoms with E-state index in [2.05, 4.69) is 6.92 Å². The highest BCUT2D eigenvalue weighted by Crippen LogP contribution is 2.32. The molecule has 0 spiro atoms. The summed E-state index contributed by atoms with van der Waals surface area (Å²) in [4.78, 5) is 25.7. The summed E-state index contributed by atoms with van der Waals surface area (Å²) in [5, 5.41) is 49.9. The van der Waals surface area contributed by atoms with Crippen LogP contribution in [0.4, 0.5) is 0 Å². The molecule has 12 nitrogen and oxygen atoms in total. The van der Waals surface area contributed by atoms with E-state index in [-0.39, 0.29) is 33.8 Å². The van der Waals surface area contributed by atoms with Crippen molar-refractivity contribution in [2.75, 3.05) is 7.11 Å². The van der Waals surface area contributed by atoms with Crippen LogP contribution in [0.15, 0.2) is 51.9 Å². The molecule has 1 aromatic heterocycles. The van der Waals surface area contributed by atoms with Crippen molar-refractivity contribution in [2.24, 2.45) is 0 Å². The van der Waals surface area contributed by atoms with E-state index in [9.17, 15) is 35.1 Å². The Bertz CT molecular complexity index is 1420. The lowest BCUT2D eigenvalue weighted by molar-refractivity contribution is -0.321. The van der Waals surface area contributed by atoms with Crippen molar-refractivity contribution in [1.82, 2.24) is 0 Å². The van der Waals surface area contributed by atoms with Crippen LogP contribution in [0.25, 0.3) is 22.1 Å². The molecule has 1 saturated heterocycles. The van der Waals surface area contributed by atoms with Crippen molar-refractivity contribution in [2.45, 2.75) is 88.9 Å². The van der Waals surface area contributed by atoms with Gasteiger partial charge in [-0.25, -0.2) is 4.79 Å². The Kier molecular flexibility index (Phi) is 11.0. The quantitative estimate of drug-likeness (QED) is 0.143. The molecule has 0 aliphatic carbocycles. The summed E-state index contributed by atoms with van der Waals surface area (Å²) in [6, 6.07) is 8.68. The van der Waals surface area contributed by atoms with E-state index in [0.29, 0.717) is 12.0 Å². The number of hydrogen-bond donors (Lipinski definition) is 5. The second-order valence-corrected chi connectivity index (χ2v) is 10.5. The number of fused-ring (bicyclic) bond motifs is 1. The number of phenolic OH excluding ortho intramolecular Hbond substituents is 1. The van der Waals surface area contributed by atoms with Gasteiger partial charge in [-0.05, 0) is 30.5 Å². The maximum atomic E-state index is 13.3. The summed E-state index contributed by atoms with van der Waals surface area (Å²) in [5.41, 5.74) is 0.117. The zero-order valence-corrected chi connectivity index (χ0v) is 24.0. The SMILES string of the molecule is CCCCCCCCC(Oc1cc(O)c2c(=O)c(-c3ccc(OC4OC(O)C(O)C(O)C4O)cc3)coc2c1)C(=O)OC. The number of aliphatic hydroxyl groups is 4. The Hall–Kier alpha value is -3.68. The van der Waals surface area contributed by atoms with Gasteiger partial charge in [0.1, 0.15) is 52.8 Å². The first-order valence-corrected chi connectivity index (χ1v) is 14.3. The van der Waals surface area contributed by atoms with Gasteiger partial charge < -0.3 is 48.9 Å². The van der Waals surface area contributed by atoms with Gasteiger partial charge in [0.2, 0.25) is 11.7 Å². The summed E-state index contributed by atoms with van der Waals surface area (Å²) in [7, 11) is 1.28. The maximum absolute atomic E-state index is 13.3. The number of rotatable bonds is 13. The first kappa shape index (κ1) is 32.2. The number of phenols is 1. The molecule has 1 aliphatic heterocycles. The van der Waals surface area contributed by atoms with Gasteiger partial charge in [0.15, 0.2) is 12.4 Å². The molecule has 6 unspecified atom stereocenters. The second kappa shape index (κ2) is 14.7. The lowest BCUT2D eigenvalue weighted by Crippen LogP contribution is -2.59. The number of benzene rings is 2. The Labute approximate surface area is 248 Å². The van der Waals surface area contributed by atoms with Gasteiger partial charge in [0, 0.05) is 12.1 Å². The third kappa shape index (κ3) is 7.64. The number of methoxy groups -OCH3 is 1. The predicted molar refractivity (Wildman–Crippen MR) is 154 cm³/mol. The average molecular weight is 603 g/mol. The molecule has 0 saturated carbocycles. The molecule has 5 N–H and O–H groups in total. The highest BCUT2D eigenvalue weighted by Gasteiger charge is 2.44. The van der Waals surface area contributed by atoms with Crippen molar-refractivity contribution in [3.05, 3.63) is 52.9 Å². The van der Waals surface area contributed by atoms with Crippen LogP contribution in [0.3, 0.4) is 0 Å². The highest BCUT2D eigenvalue weighted by molar-refractivity contribution is 5.88. The topological polar surface area (TPSA) is 185 Å². The Morgan fingerprint density at radius 3 is 2.33 bits per heavy atom. The van der Waals surface area contributed by atoms with Crippen molar-refractivity contribution >= 4 is 16.9 Å². The van der Waals surface area contributed by atoms with E-state index in [4.69, 9.17) is 23.4 Å². The molecule has 0 radical (unpaired) electrons. The molecule has 2 aromatic carbocycles. The summed E-state index contributed by atoms with van der Waals surface area (Å²) in [5.74, 6) is -0.584. The third-order valence-electron chi connectivity index (χ3n) is 7.35. The van der Waals surface area contributed by atoms with E-state index >= 15 is 0 Å². The Morgan fingerprint density at radius 2 is 1.63 bits per heavy atom. The summed E-state index contributed by atoms with van der Waals surface area (Å²) < 4.78 is 26.9. The van der Waals surface area contributed by atoms with Crippen LogP contribution in [0.2, 0.25) is 0 Å². The molecule has 1 aliphatic rings. The molecule has 0 amide bonds. The van der Waals surface area contributed by atoms with Crippen LogP contribution < -0.4 is 14.9 Å². The molecule has 3 aromatic rings. The van der Waals surface area contributed by atoms with Crippen LogP contribution in [0, 0.1) is 0 Å². The molecule has 43 heavy (non-hydrogen) atoms. The molecule has 0 bridgehead atoms. The Balaban J connectivity index is 1.48. The van der Waals surface area contributed by atoms with Crippen LogP contribution in [-0.4, -0.2) is 75.6 Å². The number of carbonyl (C=O) groups is 1. The van der Waals surface area contributed by atoms with E-state index < -0.39 is 48.4 Å². The van der Waals surface area contributed by atoms with Crippen molar-refractivity contribution < 1.29 is 53.7 Å². The van der Waals surface area contributed by atoms with Gasteiger partial charge in [-0.2, -0.15) is 0 Å². The standard InChI is InChI=1S/C31H38O12/c1-3-4-5-6-7-8-9-22(29(37)39-2)41-19-14-21(32)24-23(15-19)40-16-20(25(24)33)17-10-12-18(13-11-17)42-31-28(36)26(34)27(35)30(38)43-31/h10-16,22,26-28,30-32,34-36,38H,3-9H2,1-2H3. The Morgan fingerprint density at radius 1 is 0.930 bits per heavy atom. The number of unbranched alkanes of at least 4 members (excludes halogenated alkanes) is 5. The van der Waals surface area contributed by atoms with Crippen LogP contribution in [0.5, 0.6) is 17.2 Å². The van der Waals surface area contributed by atoms with E-state index in [1.54, 1.807) is 0 Å². The molecule has 4 rings (SSSR count). The summed E-state index contributed by atoms with van der Waals surface area (Å²) >= 11 is 0. The van der Waals surface area contributed by atoms with Crippen LogP contribution >= 0.6 is 0 Å². The fraction of sp³-hybridized carbons (Fsp3) is 0.484. The van der Waals surface area contributed by atoms with Gasteiger partial charge in [-0.15, -0.1) is 0 Å². The fourth-order valence-electron chi connectivity index (χ4n) is 4.88. The smallest absolute Gasteiger partial charge is 0.347 e. The van der Waals surface area contributed by atoms with Crippen molar-refractivity contribution in [1.29, 1.82) is 0 Å². The third-order valence-corrected chi connectivity index (χ3v) is 7.35. The average Bonchev–Trinajstić information content (AvgIpc) is 3.00.